The first-order chi connectivity index (χ1) is 8.27. The number of primary amides is 1. The van der Waals surface area contributed by atoms with Gasteiger partial charge in [-0.1, -0.05) is 6.07 Å². The Balaban J connectivity index is 2.05. The Morgan fingerprint density at radius 2 is 2.24 bits per heavy atom. The Morgan fingerprint density at radius 1 is 1.47 bits per heavy atom. The highest BCUT2D eigenvalue weighted by Gasteiger charge is 2.23. The molecule has 1 atom stereocenters. The molecular formula is C12H17N3OS. The number of nitrogens with zero attached hydrogens (tertiary/aromatic N) is 1. The Bertz CT molecular complexity index is 365. The lowest BCUT2D eigenvalue weighted by Crippen LogP contribution is -2.42. The van der Waals surface area contributed by atoms with Gasteiger partial charge in [0.05, 0.1) is 5.69 Å². The highest BCUT2D eigenvalue weighted by molar-refractivity contribution is 7.99. The molecule has 1 aliphatic heterocycles. The summed E-state index contributed by atoms with van der Waals surface area (Å²) in [5, 5.41) is 3.32. The number of aromatic nitrogens is 1. The van der Waals surface area contributed by atoms with Crippen molar-refractivity contribution in [3.8, 4) is 0 Å². The van der Waals surface area contributed by atoms with Crippen LogP contribution >= 0.6 is 11.8 Å². The summed E-state index contributed by atoms with van der Waals surface area (Å²) in [5.74, 6) is 1.93. The number of carbonyl (C=O) groups is 1. The standard InChI is InChI=1S/C12H17N3OS/c13-12(16)11(10-3-1-2-6-14-10)15-9-4-7-17-8-5-9/h1-3,6,9,11,15H,4-5,7-8H2,(H2,13,16). The Kier molecular flexibility index (Phi) is 4.39. The molecule has 0 bridgehead atoms. The number of thioether (sulfide) groups is 1. The van der Waals surface area contributed by atoms with Crippen molar-refractivity contribution in [2.24, 2.45) is 5.73 Å². The molecule has 1 aliphatic rings. The summed E-state index contributed by atoms with van der Waals surface area (Å²) in [6.07, 6.45) is 3.85. The molecule has 4 nitrogen and oxygen atoms in total. The summed E-state index contributed by atoms with van der Waals surface area (Å²) in [6, 6.07) is 5.44. The molecule has 0 radical (unpaired) electrons. The van der Waals surface area contributed by atoms with Crippen molar-refractivity contribution >= 4 is 17.7 Å². The topological polar surface area (TPSA) is 68.0 Å². The summed E-state index contributed by atoms with van der Waals surface area (Å²) >= 11 is 1.96. The molecule has 92 valence electrons. The van der Waals surface area contributed by atoms with Gasteiger partial charge in [-0.25, -0.2) is 0 Å². The molecule has 1 amide bonds. The summed E-state index contributed by atoms with van der Waals surface area (Å²) in [5.41, 5.74) is 6.15. The van der Waals surface area contributed by atoms with E-state index in [9.17, 15) is 4.79 Å². The zero-order valence-electron chi connectivity index (χ0n) is 9.63. The maximum absolute atomic E-state index is 11.5. The van der Waals surface area contributed by atoms with Gasteiger partial charge < -0.3 is 5.73 Å². The molecule has 17 heavy (non-hydrogen) atoms. The molecule has 1 fully saturated rings. The average Bonchev–Trinajstić information content (AvgIpc) is 2.38. The molecule has 1 aromatic heterocycles. The summed E-state index contributed by atoms with van der Waals surface area (Å²) in [4.78, 5) is 15.7. The van der Waals surface area contributed by atoms with Gasteiger partial charge in [0.2, 0.25) is 5.91 Å². The first-order valence-electron chi connectivity index (χ1n) is 5.81. The average molecular weight is 251 g/mol. The van der Waals surface area contributed by atoms with Crippen LogP contribution in [0.4, 0.5) is 0 Å². The van der Waals surface area contributed by atoms with Crippen LogP contribution in [0.25, 0.3) is 0 Å². The highest BCUT2D eigenvalue weighted by Crippen LogP contribution is 2.20. The predicted octanol–water partition coefficient (Wildman–Crippen LogP) is 1.09. The van der Waals surface area contributed by atoms with Crippen molar-refractivity contribution < 1.29 is 4.79 Å². The number of carbonyl (C=O) groups excluding carboxylic acids is 1. The van der Waals surface area contributed by atoms with Gasteiger partial charge in [-0.2, -0.15) is 11.8 Å². The fourth-order valence-electron chi connectivity index (χ4n) is 1.96. The molecule has 0 aliphatic carbocycles. The summed E-state index contributed by atoms with van der Waals surface area (Å²) < 4.78 is 0. The second kappa shape index (κ2) is 6.02. The van der Waals surface area contributed by atoms with Crippen LogP contribution in [0, 0.1) is 0 Å². The van der Waals surface area contributed by atoms with E-state index >= 15 is 0 Å². The predicted molar refractivity (Wildman–Crippen MR) is 69.7 cm³/mol. The number of pyridine rings is 1. The minimum Gasteiger partial charge on any atom is -0.368 e. The van der Waals surface area contributed by atoms with E-state index in [2.05, 4.69) is 10.3 Å². The monoisotopic (exact) mass is 251 g/mol. The number of nitrogens with one attached hydrogen (secondary N) is 1. The van der Waals surface area contributed by atoms with Gasteiger partial charge in [0, 0.05) is 12.2 Å². The lowest BCUT2D eigenvalue weighted by atomic mass is 10.1. The van der Waals surface area contributed by atoms with E-state index in [1.165, 1.54) is 0 Å². The van der Waals surface area contributed by atoms with Crippen molar-refractivity contribution in [1.29, 1.82) is 0 Å². The number of amides is 1. The van der Waals surface area contributed by atoms with Gasteiger partial charge in [-0.05, 0) is 36.5 Å². The molecule has 2 heterocycles. The molecule has 3 N–H and O–H groups in total. The molecule has 0 spiro atoms. The first-order valence-corrected chi connectivity index (χ1v) is 6.97. The Labute approximate surface area is 105 Å². The van der Waals surface area contributed by atoms with Crippen molar-refractivity contribution in [1.82, 2.24) is 10.3 Å². The van der Waals surface area contributed by atoms with E-state index < -0.39 is 6.04 Å². The van der Waals surface area contributed by atoms with Crippen molar-refractivity contribution in [3.63, 3.8) is 0 Å². The van der Waals surface area contributed by atoms with Crippen LogP contribution in [0.3, 0.4) is 0 Å². The lowest BCUT2D eigenvalue weighted by Gasteiger charge is -2.26. The van der Waals surface area contributed by atoms with Crippen LogP contribution < -0.4 is 11.1 Å². The second-order valence-corrected chi connectivity index (χ2v) is 5.37. The largest absolute Gasteiger partial charge is 0.368 e. The third-order valence-corrected chi connectivity index (χ3v) is 3.94. The molecular weight excluding hydrogens is 234 g/mol. The van der Waals surface area contributed by atoms with E-state index in [0.717, 1.165) is 24.3 Å². The summed E-state index contributed by atoms with van der Waals surface area (Å²) in [6.45, 7) is 0. The molecule has 0 saturated carbocycles. The van der Waals surface area contributed by atoms with E-state index in [-0.39, 0.29) is 5.91 Å². The minimum absolute atomic E-state index is 0.359. The van der Waals surface area contributed by atoms with Gasteiger partial charge >= 0.3 is 0 Å². The van der Waals surface area contributed by atoms with Crippen LogP contribution in [-0.4, -0.2) is 28.4 Å². The third kappa shape index (κ3) is 3.44. The molecule has 1 aromatic rings. The Hall–Kier alpha value is -1.07. The van der Waals surface area contributed by atoms with E-state index in [0.29, 0.717) is 11.7 Å². The van der Waals surface area contributed by atoms with Crippen LogP contribution in [0.2, 0.25) is 0 Å². The van der Waals surface area contributed by atoms with Gasteiger partial charge in [-0.3, -0.25) is 15.1 Å². The maximum Gasteiger partial charge on any atom is 0.240 e. The van der Waals surface area contributed by atoms with Crippen molar-refractivity contribution in [3.05, 3.63) is 30.1 Å². The molecule has 1 unspecified atom stereocenters. The third-order valence-electron chi connectivity index (χ3n) is 2.89. The van der Waals surface area contributed by atoms with Crippen molar-refractivity contribution in [2.75, 3.05) is 11.5 Å². The van der Waals surface area contributed by atoms with E-state index in [1.54, 1.807) is 6.20 Å². The van der Waals surface area contributed by atoms with Crippen molar-refractivity contribution in [2.45, 2.75) is 24.9 Å². The smallest absolute Gasteiger partial charge is 0.240 e. The number of nitrogens with two attached hydrogens (primary N) is 1. The van der Waals surface area contributed by atoms with Gasteiger partial charge in [0.1, 0.15) is 6.04 Å². The van der Waals surface area contributed by atoms with Crippen LogP contribution in [0.5, 0.6) is 0 Å². The van der Waals surface area contributed by atoms with Gasteiger partial charge in [-0.15, -0.1) is 0 Å². The van der Waals surface area contributed by atoms with Gasteiger partial charge in [0.15, 0.2) is 0 Å². The fraction of sp³-hybridized carbons (Fsp3) is 0.500. The number of hydrogen-bond acceptors (Lipinski definition) is 4. The second-order valence-electron chi connectivity index (χ2n) is 4.14. The summed E-state index contributed by atoms with van der Waals surface area (Å²) in [7, 11) is 0. The minimum atomic E-state index is -0.468. The zero-order chi connectivity index (χ0) is 12.1. The van der Waals surface area contributed by atoms with Crippen LogP contribution in [0.15, 0.2) is 24.4 Å². The van der Waals surface area contributed by atoms with E-state index in [4.69, 9.17) is 5.73 Å². The fourth-order valence-corrected chi connectivity index (χ4v) is 3.07. The number of rotatable bonds is 4. The molecule has 0 aromatic carbocycles. The molecule has 1 saturated heterocycles. The first kappa shape index (κ1) is 12.4. The maximum atomic E-state index is 11.5. The lowest BCUT2D eigenvalue weighted by molar-refractivity contribution is -0.120. The van der Waals surface area contributed by atoms with Gasteiger partial charge in [0.25, 0.3) is 0 Å². The molecule has 5 heteroatoms. The highest BCUT2D eigenvalue weighted by atomic mass is 32.2. The molecule has 2 rings (SSSR count). The SMILES string of the molecule is NC(=O)C(NC1CCSCC1)c1ccccn1. The van der Waals surface area contributed by atoms with Crippen LogP contribution in [-0.2, 0) is 4.79 Å². The van der Waals surface area contributed by atoms with Crippen LogP contribution in [0.1, 0.15) is 24.6 Å². The van der Waals surface area contributed by atoms with E-state index in [1.807, 2.05) is 30.0 Å². The number of hydrogen-bond donors (Lipinski definition) is 2. The normalized spacial score (nSPS) is 18.8. The zero-order valence-corrected chi connectivity index (χ0v) is 10.5. The quantitative estimate of drug-likeness (QED) is 0.840. The Morgan fingerprint density at radius 3 is 2.82 bits per heavy atom.